The largest absolute Gasteiger partial charge is 0.397 e. The van der Waals surface area contributed by atoms with Gasteiger partial charge < -0.3 is 11.1 Å². The van der Waals surface area contributed by atoms with Crippen LogP contribution in [0.3, 0.4) is 0 Å². The fourth-order valence-corrected chi connectivity index (χ4v) is 3.94. The maximum atomic E-state index is 12.6. The topological polar surface area (TPSA) is 80.9 Å². The third-order valence-corrected chi connectivity index (χ3v) is 5.31. The number of rotatable bonds is 2. The van der Waals surface area contributed by atoms with Crippen LogP contribution >= 0.6 is 11.3 Å². The maximum absolute atomic E-state index is 12.6. The van der Waals surface area contributed by atoms with Crippen molar-refractivity contribution in [1.29, 1.82) is 0 Å². The Labute approximate surface area is 137 Å². The number of pyridine rings is 2. The highest BCUT2D eigenvalue weighted by molar-refractivity contribution is 7.21. The number of carbonyl (C=O) groups excluding carboxylic acids is 1. The molecule has 0 unspecified atom stereocenters. The highest BCUT2D eigenvalue weighted by Crippen LogP contribution is 2.36. The Morgan fingerprint density at radius 1 is 1.39 bits per heavy atom. The molecule has 23 heavy (non-hydrogen) atoms. The predicted octanol–water partition coefficient (Wildman–Crippen LogP) is 3.32. The molecule has 1 aliphatic rings. The minimum Gasteiger partial charge on any atom is -0.397 e. The van der Waals surface area contributed by atoms with Crippen molar-refractivity contribution in [2.24, 2.45) is 0 Å². The molecule has 1 aliphatic carbocycles. The van der Waals surface area contributed by atoms with E-state index in [4.69, 9.17) is 5.73 Å². The zero-order valence-corrected chi connectivity index (χ0v) is 13.5. The molecule has 0 fully saturated rings. The molecule has 0 saturated carbocycles. The molecule has 0 aromatic carbocycles. The molecule has 0 saturated heterocycles. The van der Waals surface area contributed by atoms with Crippen LogP contribution in [0.2, 0.25) is 0 Å². The van der Waals surface area contributed by atoms with E-state index in [1.165, 1.54) is 16.9 Å². The Bertz CT molecular complexity index is 932. The molecule has 0 atom stereocenters. The molecule has 6 heteroatoms. The summed E-state index contributed by atoms with van der Waals surface area (Å²) in [4.78, 5) is 22.8. The van der Waals surface area contributed by atoms with Gasteiger partial charge in [-0.1, -0.05) is 6.07 Å². The first kappa shape index (κ1) is 14.1. The molecule has 3 aromatic rings. The van der Waals surface area contributed by atoms with Gasteiger partial charge in [0, 0.05) is 17.3 Å². The average Bonchev–Trinajstić information content (AvgIpc) is 3.12. The number of thiophene rings is 1. The van der Waals surface area contributed by atoms with Gasteiger partial charge in [0.15, 0.2) is 0 Å². The average molecular weight is 324 g/mol. The number of nitrogens with two attached hydrogens (primary N) is 1. The van der Waals surface area contributed by atoms with E-state index < -0.39 is 0 Å². The second-order valence-electron chi connectivity index (χ2n) is 5.77. The van der Waals surface area contributed by atoms with E-state index in [0.29, 0.717) is 16.4 Å². The van der Waals surface area contributed by atoms with Crippen molar-refractivity contribution in [3.05, 3.63) is 46.1 Å². The van der Waals surface area contributed by atoms with E-state index in [2.05, 4.69) is 21.4 Å². The molecular weight excluding hydrogens is 308 g/mol. The standard InChI is InChI=1S/C17H16N4OS/c1-9-4-3-7-19-15(9)21-16(22)14-13(18)11-8-10-5-2-6-12(10)20-17(11)23-14/h3-4,7-8H,2,5-6,18H2,1H3,(H,19,21,22). The number of hydrogen-bond donors (Lipinski definition) is 2. The summed E-state index contributed by atoms with van der Waals surface area (Å²) < 4.78 is 0. The number of fused-ring (bicyclic) bond motifs is 2. The summed E-state index contributed by atoms with van der Waals surface area (Å²) in [6, 6.07) is 5.84. The van der Waals surface area contributed by atoms with Gasteiger partial charge in [-0.15, -0.1) is 11.3 Å². The van der Waals surface area contributed by atoms with Crippen molar-refractivity contribution in [2.75, 3.05) is 11.1 Å². The summed E-state index contributed by atoms with van der Waals surface area (Å²) in [6.07, 6.45) is 4.86. The lowest BCUT2D eigenvalue weighted by Crippen LogP contribution is -2.13. The maximum Gasteiger partial charge on any atom is 0.269 e. The van der Waals surface area contributed by atoms with Crippen molar-refractivity contribution in [1.82, 2.24) is 9.97 Å². The van der Waals surface area contributed by atoms with Crippen molar-refractivity contribution >= 4 is 39.0 Å². The highest BCUT2D eigenvalue weighted by atomic mass is 32.1. The minimum atomic E-state index is -0.229. The molecule has 1 amide bonds. The Kier molecular flexibility index (Phi) is 3.27. The van der Waals surface area contributed by atoms with Gasteiger partial charge >= 0.3 is 0 Å². The van der Waals surface area contributed by atoms with E-state index >= 15 is 0 Å². The molecule has 116 valence electrons. The quantitative estimate of drug-likeness (QED) is 0.757. The first-order valence-corrected chi connectivity index (χ1v) is 8.39. The second kappa shape index (κ2) is 5.31. The third-order valence-electron chi connectivity index (χ3n) is 4.20. The van der Waals surface area contributed by atoms with Crippen LogP contribution in [0.5, 0.6) is 0 Å². The molecule has 3 aromatic heterocycles. The minimum absolute atomic E-state index is 0.229. The second-order valence-corrected chi connectivity index (χ2v) is 6.77. The fourth-order valence-electron chi connectivity index (χ4n) is 2.95. The smallest absolute Gasteiger partial charge is 0.269 e. The van der Waals surface area contributed by atoms with Gasteiger partial charge in [-0.05, 0) is 49.4 Å². The monoisotopic (exact) mass is 324 g/mol. The molecule has 4 rings (SSSR count). The van der Waals surface area contributed by atoms with Crippen LogP contribution in [-0.2, 0) is 12.8 Å². The van der Waals surface area contributed by atoms with Crippen LogP contribution < -0.4 is 11.1 Å². The number of aromatic nitrogens is 2. The number of aryl methyl sites for hydroxylation is 3. The number of nitrogens with one attached hydrogen (secondary N) is 1. The number of nitrogen functional groups attached to an aromatic ring is 1. The molecule has 0 radical (unpaired) electrons. The van der Waals surface area contributed by atoms with Gasteiger partial charge in [-0.2, -0.15) is 0 Å². The Morgan fingerprint density at radius 3 is 3.09 bits per heavy atom. The molecule has 5 nitrogen and oxygen atoms in total. The number of nitrogens with zero attached hydrogens (tertiary/aromatic N) is 2. The first-order chi connectivity index (χ1) is 11.1. The van der Waals surface area contributed by atoms with Crippen LogP contribution in [0.1, 0.15) is 32.9 Å². The van der Waals surface area contributed by atoms with E-state index in [-0.39, 0.29) is 5.91 Å². The van der Waals surface area contributed by atoms with Crippen LogP contribution in [0, 0.1) is 6.92 Å². The summed E-state index contributed by atoms with van der Waals surface area (Å²) in [7, 11) is 0. The molecule has 0 spiro atoms. The van der Waals surface area contributed by atoms with E-state index in [1.54, 1.807) is 6.20 Å². The van der Waals surface area contributed by atoms with Gasteiger partial charge in [0.2, 0.25) is 0 Å². The Hall–Kier alpha value is -2.47. The van der Waals surface area contributed by atoms with Crippen LogP contribution in [-0.4, -0.2) is 15.9 Å². The normalized spacial score (nSPS) is 13.3. The van der Waals surface area contributed by atoms with Crippen molar-refractivity contribution < 1.29 is 4.79 Å². The molecule has 3 N–H and O–H groups in total. The van der Waals surface area contributed by atoms with E-state index in [9.17, 15) is 4.79 Å². The summed E-state index contributed by atoms with van der Waals surface area (Å²) >= 11 is 1.35. The summed E-state index contributed by atoms with van der Waals surface area (Å²) in [5, 5.41) is 3.73. The number of amides is 1. The highest BCUT2D eigenvalue weighted by Gasteiger charge is 2.21. The zero-order valence-electron chi connectivity index (χ0n) is 12.7. The molecule has 0 aliphatic heterocycles. The summed E-state index contributed by atoms with van der Waals surface area (Å²) in [6.45, 7) is 1.91. The third kappa shape index (κ3) is 2.35. The molecule has 0 bridgehead atoms. The van der Waals surface area contributed by atoms with Gasteiger partial charge in [0.25, 0.3) is 5.91 Å². The predicted molar refractivity (Wildman–Crippen MR) is 93.0 cm³/mol. The number of carbonyl (C=O) groups is 1. The fraction of sp³-hybridized carbons (Fsp3) is 0.235. The van der Waals surface area contributed by atoms with Crippen molar-refractivity contribution in [2.45, 2.75) is 26.2 Å². The zero-order chi connectivity index (χ0) is 16.0. The van der Waals surface area contributed by atoms with Crippen molar-refractivity contribution in [3.8, 4) is 0 Å². The van der Waals surface area contributed by atoms with Crippen LogP contribution in [0.4, 0.5) is 11.5 Å². The van der Waals surface area contributed by atoms with Gasteiger partial charge in [0.1, 0.15) is 15.5 Å². The van der Waals surface area contributed by atoms with Crippen LogP contribution in [0.25, 0.3) is 10.2 Å². The lowest BCUT2D eigenvalue weighted by molar-refractivity contribution is 0.103. The number of hydrogen-bond acceptors (Lipinski definition) is 5. The summed E-state index contributed by atoms with van der Waals surface area (Å²) in [5.41, 5.74) is 10.0. The van der Waals surface area contributed by atoms with E-state index in [0.717, 1.165) is 40.7 Å². The van der Waals surface area contributed by atoms with Crippen LogP contribution in [0.15, 0.2) is 24.4 Å². The van der Waals surface area contributed by atoms with Gasteiger partial charge in [-0.3, -0.25) is 4.79 Å². The van der Waals surface area contributed by atoms with Gasteiger partial charge in [-0.25, -0.2) is 9.97 Å². The Balaban J connectivity index is 1.73. The van der Waals surface area contributed by atoms with E-state index in [1.807, 2.05) is 19.1 Å². The lowest BCUT2D eigenvalue weighted by atomic mass is 10.1. The Morgan fingerprint density at radius 2 is 2.26 bits per heavy atom. The lowest BCUT2D eigenvalue weighted by Gasteiger charge is -2.05. The van der Waals surface area contributed by atoms with Crippen molar-refractivity contribution in [3.63, 3.8) is 0 Å². The molecular formula is C17H16N4OS. The summed E-state index contributed by atoms with van der Waals surface area (Å²) in [5.74, 6) is 0.331. The first-order valence-electron chi connectivity index (χ1n) is 7.57. The number of anilines is 2. The molecule has 3 heterocycles. The SMILES string of the molecule is Cc1cccnc1NC(=O)c1sc2nc3c(cc2c1N)CCC3. The van der Waals surface area contributed by atoms with Gasteiger partial charge in [0.05, 0.1) is 5.69 Å².